The molecule has 0 radical (unpaired) electrons. The van der Waals surface area contributed by atoms with Crippen LogP contribution in [0.25, 0.3) is 0 Å². The quantitative estimate of drug-likeness (QED) is 0.889. The second kappa shape index (κ2) is 7.71. The lowest BCUT2D eigenvalue weighted by atomic mass is 10.1. The molecule has 0 aliphatic heterocycles. The Bertz CT molecular complexity index is 615. The fourth-order valence-corrected chi connectivity index (χ4v) is 2.36. The van der Waals surface area contributed by atoms with E-state index in [4.69, 9.17) is 0 Å². The van der Waals surface area contributed by atoms with Gasteiger partial charge in [0.1, 0.15) is 5.82 Å². The summed E-state index contributed by atoms with van der Waals surface area (Å²) in [6.45, 7) is 2.76. The Kier molecular flexibility index (Phi) is 5.67. The molecule has 4 heteroatoms. The fourth-order valence-electron chi connectivity index (χ4n) is 2.36. The summed E-state index contributed by atoms with van der Waals surface area (Å²) < 4.78 is 13.1. The average molecular weight is 300 g/mol. The van der Waals surface area contributed by atoms with Gasteiger partial charge in [-0.15, -0.1) is 0 Å². The third-order valence-corrected chi connectivity index (χ3v) is 3.43. The third-order valence-electron chi connectivity index (χ3n) is 3.43. The highest BCUT2D eigenvalue weighted by Gasteiger charge is 2.11. The molecule has 0 aliphatic carbocycles. The van der Waals surface area contributed by atoms with Crippen LogP contribution in [0, 0.1) is 5.82 Å². The van der Waals surface area contributed by atoms with Gasteiger partial charge in [0.15, 0.2) is 0 Å². The molecule has 0 heterocycles. The number of hydrogen-bond donors (Lipinski definition) is 1. The van der Waals surface area contributed by atoms with Crippen molar-refractivity contribution < 1.29 is 9.18 Å². The molecule has 0 fully saturated rings. The summed E-state index contributed by atoms with van der Waals surface area (Å²) in [5.41, 5.74) is 1.93. The van der Waals surface area contributed by atoms with Crippen LogP contribution in [-0.4, -0.2) is 24.4 Å². The first-order valence-electron chi connectivity index (χ1n) is 7.32. The van der Waals surface area contributed by atoms with E-state index in [1.807, 2.05) is 55.3 Å². The zero-order chi connectivity index (χ0) is 15.9. The first-order chi connectivity index (χ1) is 10.5. The third kappa shape index (κ3) is 4.97. The largest absolute Gasteiger partial charge is 0.348 e. The van der Waals surface area contributed by atoms with Crippen LogP contribution in [0.15, 0.2) is 54.6 Å². The van der Waals surface area contributed by atoms with Gasteiger partial charge in [-0.1, -0.05) is 42.5 Å². The molecule has 0 bridgehead atoms. The van der Waals surface area contributed by atoms with Crippen molar-refractivity contribution in [3.05, 3.63) is 71.5 Å². The monoisotopic (exact) mass is 300 g/mol. The predicted octanol–water partition coefficient (Wildman–Crippen LogP) is 3.13. The van der Waals surface area contributed by atoms with Gasteiger partial charge >= 0.3 is 0 Å². The molecule has 1 N–H and O–H groups in total. The summed E-state index contributed by atoms with van der Waals surface area (Å²) in [5, 5.41) is 2.97. The predicted molar refractivity (Wildman–Crippen MR) is 85.7 cm³/mol. The lowest BCUT2D eigenvalue weighted by Crippen LogP contribution is -2.36. The summed E-state index contributed by atoms with van der Waals surface area (Å²) in [5.74, 6) is -0.302. The topological polar surface area (TPSA) is 32.3 Å². The van der Waals surface area contributed by atoms with Gasteiger partial charge in [-0.25, -0.2) is 4.39 Å². The normalized spacial score (nSPS) is 12.2. The molecule has 2 rings (SSSR count). The van der Waals surface area contributed by atoms with Crippen LogP contribution in [0.1, 0.15) is 24.1 Å². The first-order valence-corrected chi connectivity index (χ1v) is 7.32. The zero-order valence-electron chi connectivity index (χ0n) is 12.9. The fraction of sp³-hybridized carbons (Fsp3) is 0.278. The van der Waals surface area contributed by atoms with E-state index in [1.165, 1.54) is 12.1 Å². The van der Waals surface area contributed by atoms with Gasteiger partial charge in [-0.3, -0.25) is 9.69 Å². The van der Waals surface area contributed by atoms with Crippen LogP contribution in [0.2, 0.25) is 0 Å². The molecule has 22 heavy (non-hydrogen) atoms. The molecular weight excluding hydrogens is 279 g/mol. The van der Waals surface area contributed by atoms with Gasteiger partial charge in [0.2, 0.25) is 5.91 Å². The summed E-state index contributed by atoms with van der Waals surface area (Å²) in [4.78, 5) is 13.9. The van der Waals surface area contributed by atoms with E-state index in [0.29, 0.717) is 6.54 Å². The van der Waals surface area contributed by atoms with Gasteiger partial charge in [0, 0.05) is 6.54 Å². The highest BCUT2D eigenvalue weighted by Crippen LogP contribution is 2.11. The van der Waals surface area contributed by atoms with Crippen molar-refractivity contribution >= 4 is 5.91 Å². The van der Waals surface area contributed by atoms with Crippen LogP contribution in [-0.2, 0) is 11.3 Å². The van der Waals surface area contributed by atoms with Crippen molar-refractivity contribution in [2.24, 2.45) is 0 Å². The lowest BCUT2D eigenvalue weighted by molar-refractivity contribution is -0.122. The Balaban J connectivity index is 1.84. The number of carbonyl (C=O) groups excluding carboxylic acids is 1. The van der Waals surface area contributed by atoms with Gasteiger partial charge < -0.3 is 5.32 Å². The van der Waals surface area contributed by atoms with E-state index >= 15 is 0 Å². The molecular formula is C18H21FN2O. The first kappa shape index (κ1) is 16.2. The Morgan fingerprint density at radius 3 is 2.59 bits per heavy atom. The van der Waals surface area contributed by atoms with Gasteiger partial charge in [-0.2, -0.15) is 0 Å². The number of hydrogen-bond acceptors (Lipinski definition) is 2. The second-order valence-electron chi connectivity index (χ2n) is 5.50. The number of halogens is 1. The van der Waals surface area contributed by atoms with Crippen molar-refractivity contribution in [2.45, 2.75) is 19.5 Å². The molecule has 3 nitrogen and oxygen atoms in total. The second-order valence-corrected chi connectivity index (χ2v) is 5.50. The van der Waals surface area contributed by atoms with Gasteiger partial charge in [0.05, 0.1) is 12.6 Å². The van der Waals surface area contributed by atoms with Crippen LogP contribution in [0.3, 0.4) is 0 Å². The Labute approximate surface area is 130 Å². The smallest absolute Gasteiger partial charge is 0.234 e. The minimum absolute atomic E-state index is 0.0312. The van der Waals surface area contributed by atoms with Gasteiger partial charge in [-0.05, 0) is 37.2 Å². The number of benzene rings is 2. The van der Waals surface area contributed by atoms with Crippen molar-refractivity contribution in [1.82, 2.24) is 10.2 Å². The number of carbonyl (C=O) groups is 1. The van der Waals surface area contributed by atoms with Crippen LogP contribution in [0.5, 0.6) is 0 Å². The maximum absolute atomic E-state index is 13.1. The Hall–Kier alpha value is -2.20. The van der Waals surface area contributed by atoms with Crippen LogP contribution < -0.4 is 5.32 Å². The molecule has 0 unspecified atom stereocenters. The molecule has 1 atom stereocenters. The van der Waals surface area contributed by atoms with Crippen molar-refractivity contribution in [2.75, 3.05) is 13.6 Å². The van der Waals surface area contributed by atoms with Crippen molar-refractivity contribution in [3.8, 4) is 0 Å². The summed E-state index contributed by atoms with van der Waals surface area (Å²) >= 11 is 0. The number of nitrogens with zero attached hydrogens (tertiary/aromatic N) is 1. The van der Waals surface area contributed by atoms with E-state index < -0.39 is 0 Å². The van der Waals surface area contributed by atoms with E-state index in [1.54, 1.807) is 6.07 Å². The SMILES string of the molecule is C[C@H](NC(=O)CN(C)Cc1cccc(F)c1)c1ccccc1. The minimum atomic E-state index is -0.256. The molecule has 2 aromatic rings. The molecule has 0 aromatic heterocycles. The van der Waals surface area contributed by atoms with Crippen LogP contribution in [0.4, 0.5) is 4.39 Å². The van der Waals surface area contributed by atoms with Crippen molar-refractivity contribution in [3.63, 3.8) is 0 Å². The van der Waals surface area contributed by atoms with E-state index in [-0.39, 0.29) is 24.3 Å². The van der Waals surface area contributed by atoms with E-state index in [9.17, 15) is 9.18 Å². The Morgan fingerprint density at radius 1 is 1.18 bits per heavy atom. The molecule has 0 spiro atoms. The molecule has 0 aliphatic rings. The standard InChI is InChI=1S/C18H21FN2O/c1-14(16-8-4-3-5-9-16)20-18(22)13-21(2)12-15-7-6-10-17(19)11-15/h3-11,14H,12-13H2,1-2H3,(H,20,22)/t14-/m0/s1. The number of rotatable bonds is 6. The number of nitrogens with one attached hydrogen (secondary N) is 1. The average Bonchev–Trinajstić information content (AvgIpc) is 2.47. The molecule has 116 valence electrons. The lowest BCUT2D eigenvalue weighted by Gasteiger charge is -2.19. The van der Waals surface area contributed by atoms with E-state index in [2.05, 4.69) is 5.32 Å². The summed E-state index contributed by atoms with van der Waals surface area (Å²) in [6, 6.07) is 16.2. The summed E-state index contributed by atoms with van der Waals surface area (Å²) in [7, 11) is 1.84. The maximum Gasteiger partial charge on any atom is 0.234 e. The molecule has 2 aromatic carbocycles. The zero-order valence-corrected chi connectivity index (χ0v) is 12.9. The minimum Gasteiger partial charge on any atom is -0.348 e. The van der Waals surface area contributed by atoms with Gasteiger partial charge in [0.25, 0.3) is 0 Å². The molecule has 1 amide bonds. The van der Waals surface area contributed by atoms with Crippen LogP contribution >= 0.6 is 0 Å². The highest BCUT2D eigenvalue weighted by atomic mass is 19.1. The maximum atomic E-state index is 13.1. The number of likely N-dealkylation sites (N-methyl/N-ethyl adjacent to an activating group) is 1. The van der Waals surface area contributed by atoms with E-state index in [0.717, 1.165) is 11.1 Å². The summed E-state index contributed by atoms with van der Waals surface area (Å²) in [6.07, 6.45) is 0. The molecule has 0 saturated heterocycles. The number of amides is 1. The highest BCUT2D eigenvalue weighted by molar-refractivity contribution is 5.78. The Morgan fingerprint density at radius 2 is 1.91 bits per heavy atom. The van der Waals surface area contributed by atoms with Crippen molar-refractivity contribution in [1.29, 1.82) is 0 Å². The molecule has 0 saturated carbocycles.